The van der Waals surface area contributed by atoms with Crippen molar-refractivity contribution in [2.45, 2.75) is 45.4 Å². The van der Waals surface area contributed by atoms with Crippen molar-refractivity contribution in [1.29, 1.82) is 0 Å². The molecule has 0 aliphatic heterocycles. The van der Waals surface area contributed by atoms with E-state index in [1.165, 1.54) is 30.4 Å². The van der Waals surface area contributed by atoms with Crippen LogP contribution in [0, 0.1) is 0 Å². The van der Waals surface area contributed by atoms with E-state index in [0.717, 1.165) is 25.6 Å². The number of rotatable bonds is 4. The molecule has 1 unspecified atom stereocenters. The molecule has 2 N–H and O–H groups in total. The minimum atomic E-state index is 0.172. The van der Waals surface area contributed by atoms with Gasteiger partial charge in [-0.2, -0.15) is 0 Å². The van der Waals surface area contributed by atoms with Gasteiger partial charge in [0.2, 0.25) is 0 Å². The molecule has 0 spiro atoms. The predicted octanol–water partition coefficient (Wildman–Crippen LogP) is 2.86. The van der Waals surface area contributed by atoms with Crippen LogP contribution in [0.15, 0.2) is 29.3 Å². The first-order valence-electron chi connectivity index (χ1n) is 7.80. The van der Waals surface area contributed by atoms with Crippen molar-refractivity contribution in [1.82, 2.24) is 10.6 Å². The van der Waals surface area contributed by atoms with E-state index in [1.54, 1.807) is 0 Å². The smallest absolute Gasteiger partial charge is 0.191 e. The number of nitrogens with one attached hydrogen (secondary N) is 2. The van der Waals surface area contributed by atoms with Gasteiger partial charge in [0.25, 0.3) is 0 Å². The molecule has 3 nitrogen and oxygen atoms in total. The molecule has 3 heteroatoms. The van der Waals surface area contributed by atoms with E-state index in [-0.39, 0.29) is 5.41 Å². The Morgan fingerprint density at radius 3 is 2.60 bits per heavy atom. The monoisotopic (exact) mass is 273 g/mol. The summed E-state index contributed by atoms with van der Waals surface area (Å²) >= 11 is 0. The van der Waals surface area contributed by atoms with Gasteiger partial charge in [-0.1, -0.05) is 31.2 Å². The average molecular weight is 273 g/mol. The first kappa shape index (κ1) is 14.9. The van der Waals surface area contributed by atoms with E-state index in [4.69, 9.17) is 4.99 Å². The highest BCUT2D eigenvalue weighted by molar-refractivity contribution is 5.79. The third-order valence-corrected chi connectivity index (χ3v) is 4.12. The second-order valence-electron chi connectivity index (χ2n) is 5.80. The Bertz CT molecular complexity index is 459. The second kappa shape index (κ2) is 6.78. The van der Waals surface area contributed by atoms with Gasteiger partial charge in [-0.3, -0.25) is 4.99 Å². The fourth-order valence-electron chi connectivity index (χ4n) is 3.06. The summed E-state index contributed by atoms with van der Waals surface area (Å²) in [7, 11) is 0. The molecule has 2 rings (SSSR count). The summed E-state index contributed by atoms with van der Waals surface area (Å²) in [5.41, 5.74) is 3.16. The summed E-state index contributed by atoms with van der Waals surface area (Å²) in [5.74, 6) is 0.930. The van der Waals surface area contributed by atoms with Crippen LogP contribution in [-0.4, -0.2) is 25.6 Å². The van der Waals surface area contributed by atoms with Crippen molar-refractivity contribution < 1.29 is 0 Å². The van der Waals surface area contributed by atoms with Crippen molar-refractivity contribution in [2.24, 2.45) is 4.99 Å². The van der Waals surface area contributed by atoms with Gasteiger partial charge in [0.05, 0.1) is 6.54 Å². The minimum absolute atomic E-state index is 0.172. The maximum Gasteiger partial charge on any atom is 0.191 e. The van der Waals surface area contributed by atoms with Gasteiger partial charge in [0.15, 0.2) is 5.96 Å². The summed E-state index contributed by atoms with van der Waals surface area (Å²) < 4.78 is 0. The molecule has 0 saturated heterocycles. The summed E-state index contributed by atoms with van der Waals surface area (Å²) in [6.07, 6.45) is 3.70. The largest absolute Gasteiger partial charge is 0.357 e. The summed E-state index contributed by atoms with van der Waals surface area (Å²) in [6, 6.07) is 8.86. The lowest BCUT2D eigenvalue weighted by molar-refractivity contribution is 0.404. The molecule has 0 heterocycles. The zero-order valence-electron chi connectivity index (χ0n) is 13.0. The summed E-state index contributed by atoms with van der Waals surface area (Å²) in [6.45, 7) is 9.20. The molecule has 20 heavy (non-hydrogen) atoms. The predicted molar refractivity (Wildman–Crippen MR) is 86.4 cm³/mol. The van der Waals surface area contributed by atoms with Crippen molar-refractivity contribution in [2.75, 3.05) is 19.6 Å². The molecule has 110 valence electrons. The third-order valence-electron chi connectivity index (χ3n) is 4.12. The highest BCUT2D eigenvalue weighted by Gasteiger charge is 2.31. The molecule has 0 amide bonds. The number of hydrogen-bond donors (Lipinski definition) is 2. The fraction of sp³-hybridized carbons (Fsp3) is 0.588. The van der Waals surface area contributed by atoms with Crippen LogP contribution in [0.1, 0.15) is 44.7 Å². The Morgan fingerprint density at radius 1 is 1.20 bits per heavy atom. The number of benzene rings is 1. The van der Waals surface area contributed by atoms with E-state index in [9.17, 15) is 0 Å². The summed E-state index contributed by atoms with van der Waals surface area (Å²) in [5, 5.41) is 6.61. The minimum Gasteiger partial charge on any atom is -0.357 e. The highest BCUT2D eigenvalue weighted by atomic mass is 15.2. The first-order chi connectivity index (χ1) is 9.69. The molecule has 1 aromatic carbocycles. The van der Waals surface area contributed by atoms with Gasteiger partial charge >= 0.3 is 0 Å². The molecule has 1 aliphatic carbocycles. The van der Waals surface area contributed by atoms with Crippen LogP contribution in [-0.2, 0) is 11.8 Å². The molecule has 1 atom stereocenters. The standard InChI is InChI=1S/C17H27N3/c1-4-18-16(19-5-2)20-13-17(3)12-8-10-14-9-6-7-11-15(14)17/h6-7,9,11H,4-5,8,10,12-13H2,1-3H3,(H2,18,19,20). The molecule has 0 aromatic heterocycles. The average Bonchev–Trinajstić information content (AvgIpc) is 2.46. The third kappa shape index (κ3) is 3.33. The van der Waals surface area contributed by atoms with Crippen molar-refractivity contribution in [3.8, 4) is 0 Å². The second-order valence-corrected chi connectivity index (χ2v) is 5.80. The zero-order valence-corrected chi connectivity index (χ0v) is 13.0. The molecular weight excluding hydrogens is 246 g/mol. The lowest BCUT2D eigenvalue weighted by Gasteiger charge is -2.35. The topological polar surface area (TPSA) is 36.4 Å². The molecule has 1 aliphatic rings. The van der Waals surface area contributed by atoms with Crippen LogP contribution in [0.4, 0.5) is 0 Å². The van der Waals surface area contributed by atoms with Crippen LogP contribution in [0.2, 0.25) is 0 Å². The number of fused-ring (bicyclic) bond motifs is 1. The Balaban J connectivity index is 2.17. The number of aliphatic imine (C=N–C) groups is 1. The normalized spacial score (nSPS) is 20.9. The van der Waals surface area contributed by atoms with Gasteiger partial charge in [-0.05, 0) is 44.2 Å². The van der Waals surface area contributed by atoms with Crippen molar-refractivity contribution in [3.05, 3.63) is 35.4 Å². The molecule has 0 bridgehead atoms. The maximum atomic E-state index is 4.79. The number of hydrogen-bond acceptors (Lipinski definition) is 1. The van der Waals surface area contributed by atoms with Gasteiger partial charge in [-0.25, -0.2) is 0 Å². The number of guanidine groups is 1. The lowest BCUT2D eigenvalue weighted by Crippen LogP contribution is -2.39. The summed E-state index contributed by atoms with van der Waals surface area (Å²) in [4.78, 5) is 4.79. The maximum absolute atomic E-state index is 4.79. The Labute approximate surface area is 122 Å². The van der Waals surface area contributed by atoms with E-state index >= 15 is 0 Å². The van der Waals surface area contributed by atoms with Crippen LogP contribution in [0.25, 0.3) is 0 Å². The highest BCUT2D eigenvalue weighted by Crippen LogP contribution is 2.37. The van der Waals surface area contributed by atoms with Crippen LogP contribution in [0.3, 0.4) is 0 Å². The molecule has 0 radical (unpaired) electrons. The van der Waals surface area contributed by atoms with Gasteiger partial charge in [0, 0.05) is 18.5 Å². The van der Waals surface area contributed by atoms with Crippen LogP contribution >= 0.6 is 0 Å². The molecule has 0 fully saturated rings. The quantitative estimate of drug-likeness (QED) is 0.654. The Hall–Kier alpha value is -1.51. The zero-order chi connectivity index (χ0) is 14.4. The molecule has 1 aromatic rings. The number of aryl methyl sites for hydroxylation is 1. The van der Waals surface area contributed by atoms with Crippen molar-refractivity contribution >= 4 is 5.96 Å². The van der Waals surface area contributed by atoms with E-state index < -0.39 is 0 Å². The first-order valence-corrected chi connectivity index (χ1v) is 7.80. The van der Waals surface area contributed by atoms with E-state index in [0.29, 0.717) is 0 Å². The van der Waals surface area contributed by atoms with Gasteiger partial charge in [-0.15, -0.1) is 0 Å². The molecular formula is C17H27N3. The fourth-order valence-corrected chi connectivity index (χ4v) is 3.06. The Kier molecular flexibility index (Phi) is 5.05. The SMILES string of the molecule is CCNC(=NCC1(C)CCCc2ccccc21)NCC. The van der Waals surface area contributed by atoms with Crippen LogP contribution in [0.5, 0.6) is 0 Å². The van der Waals surface area contributed by atoms with Gasteiger partial charge < -0.3 is 10.6 Å². The molecule has 0 saturated carbocycles. The van der Waals surface area contributed by atoms with Crippen LogP contribution < -0.4 is 10.6 Å². The van der Waals surface area contributed by atoms with E-state index in [1.807, 2.05) is 0 Å². The van der Waals surface area contributed by atoms with E-state index in [2.05, 4.69) is 55.7 Å². The van der Waals surface area contributed by atoms with Crippen molar-refractivity contribution in [3.63, 3.8) is 0 Å². The Morgan fingerprint density at radius 2 is 1.90 bits per heavy atom. The number of nitrogens with zero attached hydrogens (tertiary/aromatic N) is 1. The van der Waals surface area contributed by atoms with Gasteiger partial charge in [0.1, 0.15) is 0 Å². The lowest BCUT2D eigenvalue weighted by atomic mass is 9.71.